The van der Waals surface area contributed by atoms with Gasteiger partial charge in [-0.25, -0.2) is 4.79 Å². The van der Waals surface area contributed by atoms with Crippen LogP contribution in [0.3, 0.4) is 0 Å². The third-order valence-corrected chi connectivity index (χ3v) is 2.62. The number of nitro groups is 1. The summed E-state index contributed by atoms with van der Waals surface area (Å²) in [6.45, 7) is 2.47. The maximum Gasteiger partial charge on any atom is 0.335 e. The Labute approximate surface area is 110 Å². The Hall–Kier alpha value is -2.15. The van der Waals surface area contributed by atoms with Gasteiger partial charge in [-0.05, 0) is 18.6 Å². The Balaban J connectivity index is 3.28. The summed E-state index contributed by atoms with van der Waals surface area (Å²) >= 11 is 0. The Morgan fingerprint density at radius 2 is 2.11 bits per heavy atom. The van der Waals surface area contributed by atoms with Crippen LogP contribution < -0.4 is 4.90 Å². The fraction of sp³-hybridized carbons (Fsp3) is 0.417. The van der Waals surface area contributed by atoms with Crippen molar-refractivity contribution in [3.8, 4) is 0 Å². The van der Waals surface area contributed by atoms with E-state index < -0.39 is 10.9 Å². The number of aromatic carboxylic acids is 1. The van der Waals surface area contributed by atoms with Crippen molar-refractivity contribution in [1.29, 1.82) is 0 Å². The highest BCUT2D eigenvalue weighted by molar-refractivity contribution is 5.90. The molecule has 0 heterocycles. The highest BCUT2D eigenvalue weighted by atomic mass is 16.6. The molecule has 1 rings (SSSR count). The standard InChI is InChI=1S/C12H16N2O5/c1-2-5-13(6-7-15)11-8-9(12(16)17)3-4-10(11)14(18)19/h3-4,8,15H,2,5-7H2,1H3,(H,16,17). The van der Waals surface area contributed by atoms with Crippen LogP contribution in [-0.4, -0.2) is 40.8 Å². The first-order valence-corrected chi connectivity index (χ1v) is 5.88. The molecule has 0 aliphatic carbocycles. The van der Waals surface area contributed by atoms with Crippen molar-refractivity contribution in [2.24, 2.45) is 0 Å². The van der Waals surface area contributed by atoms with Gasteiger partial charge in [-0.1, -0.05) is 6.92 Å². The highest BCUT2D eigenvalue weighted by Crippen LogP contribution is 2.29. The molecule has 1 aromatic rings. The van der Waals surface area contributed by atoms with Gasteiger partial charge in [-0.2, -0.15) is 0 Å². The second kappa shape index (κ2) is 6.69. The second-order valence-corrected chi connectivity index (χ2v) is 3.98. The monoisotopic (exact) mass is 268 g/mol. The number of aliphatic hydroxyl groups is 1. The minimum absolute atomic E-state index is 0.0142. The molecule has 0 unspecified atom stereocenters. The number of aliphatic hydroxyl groups excluding tert-OH is 1. The quantitative estimate of drug-likeness (QED) is 0.573. The maximum absolute atomic E-state index is 11.0. The van der Waals surface area contributed by atoms with Crippen molar-refractivity contribution >= 4 is 17.3 Å². The van der Waals surface area contributed by atoms with Gasteiger partial charge >= 0.3 is 5.97 Å². The molecule has 0 saturated carbocycles. The van der Waals surface area contributed by atoms with Gasteiger partial charge < -0.3 is 15.1 Å². The summed E-state index contributed by atoms with van der Waals surface area (Å²) in [5.41, 5.74) is 0.0485. The molecule has 0 radical (unpaired) electrons. The maximum atomic E-state index is 11.0. The van der Waals surface area contributed by atoms with Gasteiger partial charge in [0.2, 0.25) is 0 Å². The molecule has 0 saturated heterocycles. The molecule has 1 aromatic carbocycles. The molecule has 0 aromatic heterocycles. The van der Waals surface area contributed by atoms with Crippen molar-refractivity contribution in [1.82, 2.24) is 0 Å². The molecule has 0 aliphatic rings. The van der Waals surface area contributed by atoms with Gasteiger partial charge in [0.25, 0.3) is 5.69 Å². The molecule has 19 heavy (non-hydrogen) atoms. The predicted molar refractivity (Wildman–Crippen MR) is 69.6 cm³/mol. The summed E-state index contributed by atoms with van der Waals surface area (Å²) in [5.74, 6) is -1.14. The minimum Gasteiger partial charge on any atom is -0.478 e. The predicted octanol–water partition coefficient (Wildman–Crippen LogP) is 1.50. The highest BCUT2D eigenvalue weighted by Gasteiger charge is 2.20. The van der Waals surface area contributed by atoms with Crippen LogP contribution in [0.4, 0.5) is 11.4 Å². The van der Waals surface area contributed by atoms with Crippen LogP contribution in [0, 0.1) is 10.1 Å². The molecule has 2 N–H and O–H groups in total. The number of anilines is 1. The first-order valence-electron chi connectivity index (χ1n) is 5.88. The number of benzene rings is 1. The van der Waals surface area contributed by atoms with Crippen LogP contribution >= 0.6 is 0 Å². The van der Waals surface area contributed by atoms with Gasteiger partial charge in [0.1, 0.15) is 5.69 Å². The van der Waals surface area contributed by atoms with E-state index in [0.717, 1.165) is 6.42 Å². The third-order valence-electron chi connectivity index (χ3n) is 2.62. The van der Waals surface area contributed by atoms with E-state index >= 15 is 0 Å². The lowest BCUT2D eigenvalue weighted by Gasteiger charge is -2.23. The Bertz CT molecular complexity index is 469. The average molecular weight is 268 g/mol. The van der Waals surface area contributed by atoms with E-state index in [1.807, 2.05) is 6.92 Å². The van der Waals surface area contributed by atoms with Crippen LogP contribution in [0.2, 0.25) is 0 Å². The van der Waals surface area contributed by atoms with E-state index in [1.54, 1.807) is 4.90 Å². The summed E-state index contributed by atoms with van der Waals surface area (Å²) < 4.78 is 0. The van der Waals surface area contributed by atoms with E-state index in [-0.39, 0.29) is 30.1 Å². The number of rotatable bonds is 7. The fourth-order valence-corrected chi connectivity index (χ4v) is 1.81. The summed E-state index contributed by atoms with van der Waals surface area (Å²) in [6.07, 6.45) is 0.731. The van der Waals surface area contributed by atoms with E-state index in [2.05, 4.69) is 0 Å². The minimum atomic E-state index is -1.14. The van der Waals surface area contributed by atoms with Crippen LogP contribution in [0.15, 0.2) is 18.2 Å². The number of hydrogen-bond donors (Lipinski definition) is 2. The van der Waals surface area contributed by atoms with Crippen LogP contribution in [0.1, 0.15) is 23.7 Å². The molecule has 0 amide bonds. The Kier molecular flexibility index (Phi) is 5.25. The number of hydrogen-bond acceptors (Lipinski definition) is 5. The average Bonchev–Trinajstić information content (AvgIpc) is 2.37. The van der Waals surface area contributed by atoms with Crippen molar-refractivity contribution in [2.75, 3.05) is 24.6 Å². The summed E-state index contributed by atoms with van der Waals surface area (Å²) in [7, 11) is 0. The second-order valence-electron chi connectivity index (χ2n) is 3.98. The van der Waals surface area contributed by atoms with Gasteiger partial charge in [0, 0.05) is 19.2 Å². The first-order chi connectivity index (χ1) is 9.01. The van der Waals surface area contributed by atoms with E-state index in [0.29, 0.717) is 6.54 Å². The van der Waals surface area contributed by atoms with Crippen LogP contribution in [0.5, 0.6) is 0 Å². The van der Waals surface area contributed by atoms with Crippen molar-refractivity contribution in [3.05, 3.63) is 33.9 Å². The molecule has 0 aliphatic heterocycles. The Morgan fingerprint density at radius 1 is 1.42 bits per heavy atom. The van der Waals surface area contributed by atoms with Crippen LogP contribution in [0.25, 0.3) is 0 Å². The first kappa shape index (κ1) is 14.9. The lowest BCUT2D eigenvalue weighted by atomic mass is 10.1. The van der Waals surface area contributed by atoms with Crippen LogP contribution in [-0.2, 0) is 0 Å². The number of carboxylic acids is 1. The molecule has 0 fully saturated rings. The number of nitrogens with zero attached hydrogens (tertiary/aromatic N) is 2. The van der Waals surface area contributed by atoms with Gasteiger partial charge in [0.15, 0.2) is 0 Å². The van der Waals surface area contributed by atoms with Crippen molar-refractivity contribution < 1.29 is 19.9 Å². The molecule has 104 valence electrons. The van der Waals surface area contributed by atoms with Gasteiger partial charge in [-0.3, -0.25) is 10.1 Å². The zero-order valence-corrected chi connectivity index (χ0v) is 10.6. The summed E-state index contributed by atoms with van der Waals surface area (Å²) in [5, 5.41) is 28.9. The molecule has 7 heteroatoms. The van der Waals surface area contributed by atoms with E-state index in [9.17, 15) is 14.9 Å². The summed E-state index contributed by atoms with van der Waals surface area (Å²) in [6, 6.07) is 3.65. The Morgan fingerprint density at radius 3 is 2.58 bits per heavy atom. The third kappa shape index (κ3) is 3.65. The van der Waals surface area contributed by atoms with E-state index in [1.165, 1.54) is 18.2 Å². The smallest absolute Gasteiger partial charge is 0.335 e. The van der Waals surface area contributed by atoms with Gasteiger partial charge in [0.05, 0.1) is 17.1 Å². The van der Waals surface area contributed by atoms with Crippen molar-refractivity contribution in [2.45, 2.75) is 13.3 Å². The molecule has 0 bridgehead atoms. The zero-order valence-electron chi connectivity index (χ0n) is 10.6. The normalized spacial score (nSPS) is 10.2. The summed E-state index contributed by atoms with van der Waals surface area (Å²) in [4.78, 5) is 23.0. The number of nitro benzene ring substituents is 1. The molecular weight excluding hydrogens is 252 g/mol. The topological polar surface area (TPSA) is 104 Å². The lowest BCUT2D eigenvalue weighted by Crippen LogP contribution is -2.28. The largest absolute Gasteiger partial charge is 0.478 e. The molecule has 7 nitrogen and oxygen atoms in total. The van der Waals surface area contributed by atoms with Crippen molar-refractivity contribution in [3.63, 3.8) is 0 Å². The zero-order chi connectivity index (χ0) is 14.4. The number of carbonyl (C=O) groups is 1. The molecule has 0 spiro atoms. The lowest BCUT2D eigenvalue weighted by molar-refractivity contribution is -0.384. The van der Waals surface area contributed by atoms with Gasteiger partial charge in [-0.15, -0.1) is 0 Å². The van der Waals surface area contributed by atoms with E-state index in [4.69, 9.17) is 10.2 Å². The SMILES string of the molecule is CCCN(CCO)c1cc(C(=O)O)ccc1[N+](=O)[O-]. The number of carboxylic acid groups (broad SMARTS) is 1. The molecular formula is C12H16N2O5. The fourth-order valence-electron chi connectivity index (χ4n) is 1.81. The molecule has 0 atom stereocenters.